The number of imidazole rings is 1. The Balaban J connectivity index is 1.40. The Morgan fingerprint density at radius 1 is 1.20 bits per heavy atom. The van der Waals surface area contributed by atoms with Crippen LogP contribution < -0.4 is 0 Å². The van der Waals surface area contributed by atoms with Crippen LogP contribution in [0.15, 0.2) is 59.9 Å². The van der Waals surface area contributed by atoms with E-state index in [1.54, 1.807) is 12.5 Å². The molecule has 0 saturated heterocycles. The number of fused-ring (bicyclic) bond motifs is 1. The molecule has 0 saturated carbocycles. The van der Waals surface area contributed by atoms with Crippen LogP contribution in [0.3, 0.4) is 0 Å². The average molecular weight is 338 g/mol. The normalized spacial score (nSPS) is 18.0. The maximum Gasteiger partial charge on any atom is 0.122 e. The van der Waals surface area contributed by atoms with E-state index in [2.05, 4.69) is 25.6 Å². The highest BCUT2D eigenvalue weighted by Crippen LogP contribution is 2.18. The number of hydrogen-bond acceptors (Lipinski definition) is 5. The smallest absolute Gasteiger partial charge is 0.122 e. The Morgan fingerprint density at radius 2 is 2.20 bits per heavy atom. The Hall–Kier alpha value is -2.44. The molecule has 1 unspecified atom stereocenters. The molecule has 130 valence electrons. The summed E-state index contributed by atoms with van der Waals surface area (Å²) in [5, 5.41) is 0. The standard InChI is InChI=1S/C19H22N4O2/c1-2-16(8-20-4-1)13-25-15-18-10-22(9-17-3-7-24-14-17)12-19-21-5-6-23(19)11-18/h1-8,14,18H,9-13,15H2. The Labute approximate surface area is 147 Å². The number of aromatic nitrogens is 3. The largest absolute Gasteiger partial charge is 0.472 e. The van der Waals surface area contributed by atoms with Gasteiger partial charge in [0.2, 0.25) is 0 Å². The molecule has 0 N–H and O–H groups in total. The molecule has 1 aliphatic heterocycles. The van der Waals surface area contributed by atoms with Gasteiger partial charge in [-0.3, -0.25) is 9.88 Å². The van der Waals surface area contributed by atoms with Crippen molar-refractivity contribution in [1.29, 1.82) is 0 Å². The maximum absolute atomic E-state index is 5.97. The molecule has 6 nitrogen and oxygen atoms in total. The van der Waals surface area contributed by atoms with Crippen LogP contribution in [0, 0.1) is 5.92 Å². The fourth-order valence-electron chi connectivity index (χ4n) is 3.32. The summed E-state index contributed by atoms with van der Waals surface area (Å²) in [6.45, 7) is 4.93. The first-order valence-electron chi connectivity index (χ1n) is 8.57. The van der Waals surface area contributed by atoms with E-state index in [-0.39, 0.29) is 0 Å². The third kappa shape index (κ3) is 4.15. The van der Waals surface area contributed by atoms with E-state index in [0.29, 0.717) is 19.1 Å². The number of rotatable bonds is 6. The summed E-state index contributed by atoms with van der Waals surface area (Å²) in [7, 11) is 0. The van der Waals surface area contributed by atoms with E-state index in [0.717, 1.165) is 37.6 Å². The van der Waals surface area contributed by atoms with E-state index in [4.69, 9.17) is 9.15 Å². The van der Waals surface area contributed by atoms with Gasteiger partial charge in [-0.1, -0.05) is 6.07 Å². The molecule has 0 radical (unpaired) electrons. The van der Waals surface area contributed by atoms with Crippen LogP contribution in [-0.4, -0.2) is 32.6 Å². The van der Waals surface area contributed by atoms with Gasteiger partial charge in [-0.25, -0.2) is 4.98 Å². The van der Waals surface area contributed by atoms with Gasteiger partial charge in [0.1, 0.15) is 5.82 Å². The van der Waals surface area contributed by atoms with Crippen molar-refractivity contribution in [2.45, 2.75) is 26.2 Å². The van der Waals surface area contributed by atoms with Crippen molar-refractivity contribution in [1.82, 2.24) is 19.4 Å². The van der Waals surface area contributed by atoms with Crippen molar-refractivity contribution < 1.29 is 9.15 Å². The van der Waals surface area contributed by atoms with Gasteiger partial charge >= 0.3 is 0 Å². The lowest BCUT2D eigenvalue weighted by Gasteiger charge is -2.23. The van der Waals surface area contributed by atoms with Crippen LogP contribution in [-0.2, 0) is 31.0 Å². The van der Waals surface area contributed by atoms with Crippen LogP contribution >= 0.6 is 0 Å². The summed E-state index contributed by atoms with van der Waals surface area (Å²) in [6.07, 6.45) is 11.1. The molecule has 0 amide bonds. The monoisotopic (exact) mass is 338 g/mol. The summed E-state index contributed by atoms with van der Waals surface area (Å²) in [5.41, 5.74) is 2.30. The van der Waals surface area contributed by atoms with E-state index in [9.17, 15) is 0 Å². The molecule has 1 aliphatic rings. The zero-order valence-corrected chi connectivity index (χ0v) is 14.1. The minimum absolute atomic E-state index is 0.416. The van der Waals surface area contributed by atoms with Gasteiger partial charge in [-0.15, -0.1) is 0 Å². The number of hydrogen-bond donors (Lipinski definition) is 0. The third-order valence-corrected chi connectivity index (χ3v) is 4.47. The predicted octanol–water partition coefficient (Wildman–Crippen LogP) is 2.72. The van der Waals surface area contributed by atoms with E-state index in [1.807, 2.05) is 36.9 Å². The molecule has 0 fully saturated rings. The second kappa shape index (κ2) is 7.63. The number of furan rings is 1. The fourth-order valence-corrected chi connectivity index (χ4v) is 3.32. The van der Waals surface area contributed by atoms with Crippen LogP contribution in [0.4, 0.5) is 0 Å². The van der Waals surface area contributed by atoms with Crippen molar-refractivity contribution in [3.63, 3.8) is 0 Å². The van der Waals surface area contributed by atoms with Crippen molar-refractivity contribution >= 4 is 0 Å². The van der Waals surface area contributed by atoms with Gasteiger partial charge in [-0.2, -0.15) is 0 Å². The number of pyridine rings is 1. The second-order valence-electron chi connectivity index (χ2n) is 6.54. The first-order valence-corrected chi connectivity index (χ1v) is 8.57. The predicted molar refractivity (Wildman–Crippen MR) is 92.4 cm³/mol. The molecule has 3 aromatic rings. The molecule has 1 atom stereocenters. The summed E-state index contributed by atoms with van der Waals surface area (Å²) in [5.74, 6) is 1.53. The lowest BCUT2D eigenvalue weighted by atomic mass is 10.1. The van der Waals surface area contributed by atoms with Gasteiger partial charge in [0.05, 0.1) is 32.3 Å². The average Bonchev–Trinajstić information content (AvgIpc) is 3.25. The Morgan fingerprint density at radius 3 is 3.04 bits per heavy atom. The van der Waals surface area contributed by atoms with Gasteiger partial charge in [-0.05, 0) is 17.7 Å². The zero-order valence-electron chi connectivity index (χ0n) is 14.1. The van der Waals surface area contributed by atoms with Crippen molar-refractivity contribution in [3.05, 3.63) is 72.5 Å². The molecule has 0 spiro atoms. The highest BCUT2D eigenvalue weighted by Gasteiger charge is 2.23. The molecular weight excluding hydrogens is 316 g/mol. The molecule has 3 aromatic heterocycles. The lowest BCUT2D eigenvalue weighted by molar-refractivity contribution is 0.0664. The Kier molecular flexibility index (Phi) is 4.90. The molecule has 0 aromatic carbocycles. The van der Waals surface area contributed by atoms with Crippen LogP contribution in [0.1, 0.15) is 17.0 Å². The van der Waals surface area contributed by atoms with Crippen LogP contribution in [0.2, 0.25) is 0 Å². The molecule has 25 heavy (non-hydrogen) atoms. The van der Waals surface area contributed by atoms with Crippen LogP contribution in [0.5, 0.6) is 0 Å². The maximum atomic E-state index is 5.97. The number of nitrogens with zero attached hydrogens (tertiary/aromatic N) is 4. The molecule has 0 aliphatic carbocycles. The molecule has 4 rings (SSSR count). The van der Waals surface area contributed by atoms with Gasteiger partial charge in [0.15, 0.2) is 0 Å². The number of ether oxygens (including phenoxy) is 1. The highest BCUT2D eigenvalue weighted by molar-refractivity contribution is 5.07. The fraction of sp³-hybridized carbons (Fsp3) is 0.368. The zero-order chi connectivity index (χ0) is 16.9. The lowest BCUT2D eigenvalue weighted by Crippen LogP contribution is -2.30. The summed E-state index contributed by atoms with van der Waals surface area (Å²) < 4.78 is 13.4. The van der Waals surface area contributed by atoms with Gasteiger partial charge in [0, 0.05) is 55.9 Å². The van der Waals surface area contributed by atoms with Crippen molar-refractivity contribution in [2.24, 2.45) is 5.92 Å². The quantitative estimate of drug-likeness (QED) is 0.692. The third-order valence-electron chi connectivity index (χ3n) is 4.47. The molecule has 4 heterocycles. The minimum atomic E-state index is 0.416. The van der Waals surface area contributed by atoms with Crippen molar-refractivity contribution in [2.75, 3.05) is 13.2 Å². The second-order valence-corrected chi connectivity index (χ2v) is 6.54. The first-order chi connectivity index (χ1) is 12.4. The summed E-state index contributed by atoms with van der Waals surface area (Å²) in [6, 6.07) is 6.00. The highest BCUT2D eigenvalue weighted by atomic mass is 16.5. The summed E-state index contributed by atoms with van der Waals surface area (Å²) in [4.78, 5) is 11.1. The van der Waals surface area contributed by atoms with E-state index < -0.39 is 0 Å². The van der Waals surface area contributed by atoms with E-state index in [1.165, 1.54) is 5.56 Å². The minimum Gasteiger partial charge on any atom is -0.472 e. The molecule has 6 heteroatoms. The Bertz CT molecular complexity index is 770. The van der Waals surface area contributed by atoms with E-state index >= 15 is 0 Å². The van der Waals surface area contributed by atoms with Crippen molar-refractivity contribution in [3.8, 4) is 0 Å². The van der Waals surface area contributed by atoms with Gasteiger partial charge in [0.25, 0.3) is 0 Å². The van der Waals surface area contributed by atoms with Crippen LogP contribution in [0.25, 0.3) is 0 Å². The topological polar surface area (TPSA) is 56.3 Å². The SMILES string of the molecule is c1cncc(COCC2CN(Cc3ccoc3)Cc3nccn3C2)c1. The molecule has 0 bridgehead atoms. The van der Waals surface area contributed by atoms with Gasteiger partial charge < -0.3 is 13.7 Å². The first kappa shape index (κ1) is 16.1. The molecular formula is C19H22N4O2. The summed E-state index contributed by atoms with van der Waals surface area (Å²) >= 11 is 0.